The molecule has 0 unspecified atom stereocenters. The maximum Gasteiger partial charge on any atom is 0.191 e. The van der Waals surface area contributed by atoms with E-state index in [1.54, 1.807) is 14.2 Å². The largest absolute Gasteiger partial charge is 0.496 e. The van der Waals surface area contributed by atoms with Gasteiger partial charge < -0.3 is 24.8 Å². The van der Waals surface area contributed by atoms with Crippen molar-refractivity contribution in [3.63, 3.8) is 0 Å². The number of aryl methyl sites for hydroxylation is 1. The number of aliphatic imine (C=N–C) groups is 1. The normalized spacial score (nSPS) is 10.8. The van der Waals surface area contributed by atoms with Gasteiger partial charge in [-0.15, -0.1) is 24.0 Å². The number of hydrogen-bond acceptors (Lipinski definition) is 4. The molecule has 0 aromatic heterocycles. The highest BCUT2D eigenvalue weighted by Gasteiger charge is 2.06. The number of methoxy groups -OCH3 is 1. The van der Waals surface area contributed by atoms with Crippen molar-refractivity contribution < 1.29 is 14.2 Å². The summed E-state index contributed by atoms with van der Waals surface area (Å²) in [6.07, 6.45) is 0. The molecule has 160 valence electrons. The van der Waals surface area contributed by atoms with Crippen LogP contribution in [0.5, 0.6) is 11.5 Å². The van der Waals surface area contributed by atoms with E-state index in [4.69, 9.17) is 14.2 Å². The first kappa shape index (κ1) is 25.0. The number of guanidine groups is 1. The van der Waals surface area contributed by atoms with Crippen LogP contribution in [0.2, 0.25) is 0 Å². The zero-order chi connectivity index (χ0) is 20.2. The van der Waals surface area contributed by atoms with Crippen molar-refractivity contribution in [2.24, 2.45) is 4.99 Å². The van der Waals surface area contributed by atoms with E-state index in [1.165, 1.54) is 5.56 Å². The first-order chi connectivity index (χ1) is 13.7. The fourth-order valence-corrected chi connectivity index (χ4v) is 2.74. The van der Waals surface area contributed by atoms with Crippen LogP contribution >= 0.6 is 24.0 Å². The van der Waals surface area contributed by atoms with Crippen LogP contribution in [0, 0.1) is 6.92 Å². The van der Waals surface area contributed by atoms with Crippen LogP contribution in [0.3, 0.4) is 0 Å². The molecule has 0 saturated carbocycles. The van der Waals surface area contributed by atoms with Gasteiger partial charge in [0, 0.05) is 31.3 Å². The third kappa shape index (κ3) is 8.49. The molecule has 0 radical (unpaired) electrons. The Balaban J connectivity index is 0.00000420. The Kier molecular flexibility index (Phi) is 12.1. The first-order valence-corrected chi connectivity index (χ1v) is 9.54. The molecule has 2 aromatic carbocycles. The summed E-state index contributed by atoms with van der Waals surface area (Å²) in [6.45, 7) is 7.06. The number of hydrogen-bond donors (Lipinski definition) is 2. The van der Waals surface area contributed by atoms with Gasteiger partial charge in [0.25, 0.3) is 0 Å². The van der Waals surface area contributed by atoms with Gasteiger partial charge in [0.15, 0.2) is 5.96 Å². The predicted molar refractivity (Wildman–Crippen MR) is 129 cm³/mol. The average Bonchev–Trinajstić information content (AvgIpc) is 2.71. The highest BCUT2D eigenvalue weighted by molar-refractivity contribution is 14.0. The molecular formula is C22H32IN3O3. The summed E-state index contributed by atoms with van der Waals surface area (Å²) in [4.78, 5) is 4.26. The van der Waals surface area contributed by atoms with E-state index in [1.807, 2.05) is 31.2 Å². The molecule has 0 spiro atoms. The van der Waals surface area contributed by atoms with E-state index in [0.717, 1.165) is 28.6 Å². The van der Waals surface area contributed by atoms with Crippen molar-refractivity contribution in [2.75, 3.05) is 33.9 Å². The van der Waals surface area contributed by atoms with E-state index in [0.29, 0.717) is 32.9 Å². The van der Waals surface area contributed by atoms with Gasteiger partial charge in [0.1, 0.15) is 11.5 Å². The van der Waals surface area contributed by atoms with Crippen molar-refractivity contribution >= 4 is 29.9 Å². The summed E-state index contributed by atoms with van der Waals surface area (Å²) < 4.78 is 16.8. The predicted octanol–water partition coefficient (Wildman–Crippen LogP) is 3.90. The smallest absolute Gasteiger partial charge is 0.191 e. The number of nitrogens with zero attached hydrogens (tertiary/aromatic N) is 1. The lowest BCUT2D eigenvalue weighted by Gasteiger charge is -2.15. The lowest BCUT2D eigenvalue weighted by atomic mass is 10.1. The Hall–Kier alpha value is -2.00. The molecule has 2 aromatic rings. The average molecular weight is 513 g/mol. The maximum atomic E-state index is 5.74. The Labute approximate surface area is 191 Å². The van der Waals surface area contributed by atoms with E-state index in [2.05, 4.69) is 40.7 Å². The Bertz CT molecular complexity index is 769. The minimum absolute atomic E-state index is 0. The molecule has 0 atom stereocenters. The van der Waals surface area contributed by atoms with E-state index < -0.39 is 0 Å². The van der Waals surface area contributed by atoms with Gasteiger partial charge in [-0.25, -0.2) is 0 Å². The lowest BCUT2D eigenvalue weighted by molar-refractivity contribution is 0.123. The van der Waals surface area contributed by atoms with Gasteiger partial charge in [0.2, 0.25) is 0 Å². The van der Waals surface area contributed by atoms with Crippen LogP contribution in [-0.2, 0) is 17.9 Å². The lowest BCUT2D eigenvalue weighted by Crippen LogP contribution is -2.38. The van der Waals surface area contributed by atoms with Crippen molar-refractivity contribution in [1.29, 1.82) is 0 Å². The van der Waals surface area contributed by atoms with Gasteiger partial charge in [-0.1, -0.05) is 30.3 Å². The number of nitrogens with one attached hydrogen (secondary N) is 2. The summed E-state index contributed by atoms with van der Waals surface area (Å²) in [6, 6.07) is 14.1. The molecule has 0 saturated heterocycles. The molecular weight excluding hydrogens is 481 g/mol. The van der Waals surface area contributed by atoms with Crippen molar-refractivity contribution in [2.45, 2.75) is 27.0 Å². The van der Waals surface area contributed by atoms with Gasteiger partial charge >= 0.3 is 0 Å². The van der Waals surface area contributed by atoms with Crippen molar-refractivity contribution in [1.82, 2.24) is 10.6 Å². The Morgan fingerprint density at radius 1 is 1.03 bits per heavy atom. The quantitative estimate of drug-likeness (QED) is 0.219. The second-order valence-electron chi connectivity index (χ2n) is 6.26. The van der Waals surface area contributed by atoms with Gasteiger partial charge in [-0.3, -0.25) is 4.99 Å². The summed E-state index contributed by atoms with van der Waals surface area (Å²) >= 11 is 0. The van der Waals surface area contributed by atoms with E-state index in [9.17, 15) is 0 Å². The Morgan fingerprint density at radius 3 is 2.55 bits per heavy atom. The number of para-hydroxylation sites is 1. The van der Waals surface area contributed by atoms with Crippen LogP contribution in [0.15, 0.2) is 47.5 Å². The SMILES string of the molecule is CCOc1cc(C)ccc1CNC(=NC)NCCOCc1ccccc1OC.I. The van der Waals surface area contributed by atoms with Gasteiger partial charge in [-0.05, 0) is 31.5 Å². The molecule has 0 aliphatic heterocycles. The number of benzene rings is 2. The molecule has 0 fully saturated rings. The monoisotopic (exact) mass is 513 g/mol. The fourth-order valence-electron chi connectivity index (χ4n) is 2.74. The molecule has 6 nitrogen and oxygen atoms in total. The topological polar surface area (TPSA) is 64.1 Å². The molecule has 2 N–H and O–H groups in total. The molecule has 0 aliphatic rings. The van der Waals surface area contributed by atoms with E-state index >= 15 is 0 Å². The number of ether oxygens (including phenoxy) is 3. The summed E-state index contributed by atoms with van der Waals surface area (Å²) in [5.74, 6) is 2.48. The van der Waals surface area contributed by atoms with Gasteiger partial charge in [-0.2, -0.15) is 0 Å². The molecule has 0 aliphatic carbocycles. The van der Waals surface area contributed by atoms with Crippen molar-refractivity contribution in [3.05, 3.63) is 59.2 Å². The summed E-state index contributed by atoms with van der Waals surface area (Å²) in [7, 11) is 3.42. The third-order valence-corrected chi connectivity index (χ3v) is 4.18. The standard InChI is InChI=1S/C22H31N3O3.HI/c1-5-28-21-14-17(2)10-11-18(21)15-25-22(23-3)24-12-13-27-16-19-8-6-7-9-20(19)26-4;/h6-11,14H,5,12-13,15-16H2,1-4H3,(H2,23,24,25);1H. The fraction of sp³-hybridized carbons (Fsp3) is 0.409. The first-order valence-electron chi connectivity index (χ1n) is 9.54. The second kappa shape index (κ2) is 14.1. The zero-order valence-corrected chi connectivity index (χ0v) is 20.0. The highest BCUT2D eigenvalue weighted by atomic mass is 127. The molecule has 0 bridgehead atoms. The molecule has 7 heteroatoms. The third-order valence-electron chi connectivity index (χ3n) is 4.18. The molecule has 29 heavy (non-hydrogen) atoms. The van der Waals surface area contributed by atoms with Crippen LogP contribution in [0.4, 0.5) is 0 Å². The summed E-state index contributed by atoms with van der Waals surface area (Å²) in [5, 5.41) is 6.57. The van der Waals surface area contributed by atoms with Crippen LogP contribution in [0.25, 0.3) is 0 Å². The van der Waals surface area contributed by atoms with Crippen LogP contribution in [-0.4, -0.2) is 39.9 Å². The Morgan fingerprint density at radius 2 is 1.83 bits per heavy atom. The molecule has 2 rings (SSSR count). The molecule has 0 amide bonds. The zero-order valence-electron chi connectivity index (χ0n) is 17.7. The number of rotatable bonds is 10. The minimum atomic E-state index is 0. The molecule has 0 heterocycles. The highest BCUT2D eigenvalue weighted by Crippen LogP contribution is 2.20. The van der Waals surface area contributed by atoms with E-state index in [-0.39, 0.29) is 24.0 Å². The maximum absolute atomic E-state index is 5.74. The van der Waals surface area contributed by atoms with Crippen LogP contribution in [0.1, 0.15) is 23.6 Å². The number of halogens is 1. The van der Waals surface area contributed by atoms with Gasteiger partial charge in [0.05, 0.1) is 26.9 Å². The second-order valence-corrected chi connectivity index (χ2v) is 6.26. The summed E-state index contributed by atoms with van der Waals surface area (Å²) in [5.41, 5.74) is 3.32. The van der Waals surface area contributed by atoms with Crippen LogP contribution < -0.4 is 20.1 Å². The van der Waals surface area contributed by atoms with Crippen molar-refractivity contribution in [3.8, 4) is 11.5 Å². The minimum Gasteiger partial charge on any atom is -0.496 e.